The number of ether oxygens (including phenoxy) is 1. The maximum absolute atomic E-state index is 12.5. The fraction of sp³-hybridized carbons (Fsp3) is 0.360. The summed E-state index contributed by atoms with van der Waals surface area (Å²) in [5, 5.41) is 2.37. The van der Waals surface area contributed by atoms with E-state index in [9.17, 15) is 18.0 Å². The van der Waals surface area contributed by atoms with Crippen LogP contribution in [0.1, 0.15) is 50.8 Å². The van der Waals surface area contributed by atoms with E-state index in [4.69, 9.17) is 4.74 Å². The SMILES string of the molecule is COc1c(C=C(C)c2ccc(NS(C)(=O)=O)cc2)cc(N2CCC(=O)NC2=O)cc1C(C)(C)C. The monoisotopic (exact) mass is 485 g/mol. The van der Waals surface area contributed by atoms with Crippen LogP contribution < -0.4 is 19.7 Å². The van der Waals surface area contributed by atoms with Crippen LogP contribution >= 0.6 is 0 Å². The Morgan fingerprint density at radius 1 is 1.15 bits per heavy atom. The molecule has 3 rings (SSSR count). The molecule has 3 amide bonds. The Kier molecular flexibility index (Phi) is 7.07. The molecule has 2 aromatic rings. The Morgan fingerprint density at radius 2 is 1.79 bits per heavy atom. The summed E-state index contributed by atoms with van der Waals surface area (Å²) in [6, 6.07) is 10.5. The first kappa shape index (κ1) is 25.3. The highest BCUT2D eigenvalue weighted by atomic mass is 32.2. The molecule has 1 fully saturated rings. The minimum absolute atomic E-state index is 0.237. The quantitative estimate of drug-likeness (QED) is 0.591. The zero-order valence-corrected chi connectivity index (χ0v) is 21.2. The van der Waals surface area contributed by atoms with E-state index in [0.717, 1.165) is 28.5 Å². The Hall–Kier alpha value is -3.33. The summed E-state index contributed by atoms with van der Waals surface area (Å²) >= 11 is 0. The number of hydrogen-bond acceptors (Lipinski definition) is 5. The number of hydrogen-bond donors (Lipinski definition) is 2. The van der Waals surface area contributed by atoms with Gasteiger partial charge in [-0.3, -0.25) is 19.7 Å². The summed E-state index contributed by atoms with van der Waals surface area (Å²) in [5.74, 6) is 0.426. The third kappa shape index (κ3) is 5.96. The lowest BCUT2D eigenvalue weighted by Gasteiger charge is -2.30. The number of imide groups is 1. The second-order valence-electron chi connectivity index (χ2n) is 9.40. The molecule has 2 N–H and O–H groups in total. The number of anilines is 2. The predicted molar refractivity (Wildman–Crippen MR) is 136 cm³/mol. The van der Waals surface area contributed by atoms with E-state index < -0.39 is 16.1 Å². The Balaban J connectivity index is 2.07. The standard InChI is InChI=1S/C25H31N3O5S/c1-16(17-7-9-19(10-8-17)27-34(6,31)32)13-18-14-20(28-12-11-22(29)26-24(28)30)15-21(23(18)33-5)25(2,3)4/h7-10,13-15,27H,11-12H2,1-6H3,(H,26,29,30). The maximum atomic E-state index is 12.5. The van der Waals surface area contributed by atoms with E-state index in [2.05, 4.69) is 30.8 Å². The van der Waals surface area contributed by atoms with E-state index >= 15 is 0 Å². The van der Waals surface area contributed by atoms with Crippen LogP contribution in [0.25, 0.3) is 11.6 Å². The number of methoxy groups -OCH3 is 1. The number of allylic oxidation sites excluding steroid dienone is 1. The van der Waals surface area contributed by atoms with E-state index in [-0.39, 0.29) is 17.7 Å². The Labute approximate surface area is 201 Å². The number of benzene rings is 2. The second kappa shape index (κ2) is 9.50. The van der Waals surface area contributed by atoms with Crippen LogP contribution in [0.15, 0.2) is 36.4 Å². The van der Waals surface area contributed by atoms with Crippen LogP contribution in [0.4, 0.5) is 16.2 Å². The zero-order valence-electron chi connectivity index (χ0n) is 20.4. The van der Waals surface area contributed by atoms with Gasteiger partial charge in [0.2, 0.25) is 15.9 Å². The molecule has 0 bridgehead atoms. The molecule has 0 radical (unpaired) electrons. The second-order valence-corrected chi connectivity index (χ2v) is 11.1. The highest BCUT2D eigenvalue weighted by molar-refractivity contribution is 7.92. The fourth-order valence-electron chi connectivity index (χ4n) is 3.83. The predicted octanol–water partition coefficient (Wildman–Crippen LogP) is 4.37. The summed E-state index contributed by atoms with van der Waals surface area (Å²) in [5.41, 5.74) is 4.47. The largest absolute Gasteiger partial charge is 0.496 e. The van der Waals surface area contributed by atoms with Crippen LogP contribution in [0, 0.1) is 0 Å². The number of nitrogens with zero attached hydrogens (tertiary/aromatic N) is 1. The number of carbonyl (C=O) groups is 2. The van der Waals surface area contributed by atoms with Crippen molar-refractivity contribution in [3.63, 3.8) is 0 Å². The zero-order chi connectivity index (χ0) is 25.3. The molecule has 1 saturated heterocycles. The lowest BCUT2D eigenvalue weighted by atomic mass is 9.84. The molecule has 9 heteroatoms. The Bertz CT molecular complexity index is 1240. The fourth-order valence-corrected chi connectivity index (χ4v) is 4.39. The molecule has 8 nitrogen and oxygen atoms in total. The van der Waals surface area contributed by atoms with E-state index in [1.165, 1.54) is 0 Å². The van der Waals surface area contributed by atoms with Crippen molar-refractivity contribution in [2.45, 2.75) is 39.5 Å². The van der Waals surface area contributed by atoms with Gasteiger partial charge in [-0.05, 0) is 53.8 Å². The van der Waals surface area contributed by atoms with Gasteiger partial charge in [0.15, 0.2) is 0 Å². The molecule has 0 atom stereocenters. The molecule has 0 aliphatic carbocycles. The summed E-state index contributed by atoms with van der Waals surface area (Å²) in [6.07, 6.45) is 3.32. The van der Waals surface area contributed by atoms with Crippen molar-refractivity contribution in [3.8, 4) is 5.75 Å². The van der Waals surface area contributed by atoms with Crippen LogP contribution in [0.3, 0.4) is 0 Å². The summed E-state index contributed by atoms with van der Waals surface area (Å²) in [7, 11) is -1.73. The molecule has 1 heterocycles. The maximum Gasteiger partial charge on any atom is 0.328 e. The molecule has 0 saturated carbocycles. The minimum atomic E-state index is -3.35. The summed E-state index contributed by atoms with van der Waals surface area (Å²) < 4.78 is 31.2. The number of urea groups is 1. The van der Waals surface area contributed by atoms with Gasteiger partial charge in [0.05, 0.1) is 13.4 Å². The number of rotatable bonds is 6. The molecule has 1 aliphatic rings. The van der Waals surface area contributed by atoms with Gasteiger partial charge in [-0.1, -0.05) is 32.9 Å². The molecule has 0 unspecified atom stereocenters. The van der Waals surface area contributed by atoms with Crippen LogP contribution in [0.5, 0.6) is 5.75 Å². The molecule has 34 heavy (non-hydrogen) atoms. The molecule has 0 aromatic heterocycles. The first-order valence-electron chi connectivity index (χ1n) is 10.9. The van der Waals surface area contributed by atoms with Crippen LogP contribution in [-0.4, -0.2) is 40.3 Å². The topological polar surface area (TPSA) is 105 Å². The van der Waals surface area contributed by atoms with Gasteiger partial charge in [0.1, 0.15) is 5.75 Å². The van der Waals surface area contributed by atoms with Gasteiger partial charge in [0.25, 0.3) is 0 Å². The first-order chi connectivity index (χ1) is 15.8. The van der Waals surface area contributed by atoms with Crippen LogP contribution in [0.2, 0.25) is 0 Å². The highest BCUT2D eigenvalue weighted by Gasteiger charge is 2.28. The van der Waals surface area contributed by atoms with E-state index in [1.54, 1.807) is 24.1 Å². The van der Waals surface area contributed by atoms with Crippen LogP contribution in [-0.2, 0) is 20.2 Å². The Morgan fingerprint density at radius 3 is 2.32 bits per heavy atom. The van der Waals surface area contributed by atoms with Crippen molar-refractivity contribution in [3.05, 3.63) is 53.1 Å². The average Bonchev–Trinajstić information content (AvgIpc) is 2.72. The minimum Gasteiger partial charge on any atom is -0.496 e. The van der Waals surface area contributed by atoms with Gasteiger partial charge in [0, 0.05) is 35.5 Å². The van der Waals surface area contributed by atoms with Gasteiger partial charge in [-0.25, -0.2) is 13.2 Å². The third-order valence-corrected chi connectivity index (χ3v) is 6.10. The number of carbonyl (C=O) groups excluding carboxylic acids is 2. The van der Waals surface area contributed by atoms with Gasteiger partial charge in [-0.2, -0.15) is 0 Å². The third-order valence-electron chi connectivity index (χ3n) is 5.50. The molecule has 0 spiro atoms. The van der Waals surface area contributed by atoms with Crippen molar-refractivity contribution in [2.24, 2.45) is 0 Å². The van der Waals surface area contributed by atoms with Crippen molar-refractivity contribution >= 4 is 45.0 Å². The van der Waals surface area contributed by atoms with E-state index in [0.29, 0.717) is 23.7 Å². The molecular weight excluding hydrogens is 454 g/mol. The smallest absolute Gasteiger partial charge is 0.328 e. The van der Waals surface area contributed by atoms with Crippen molar-refractivity contribution in [1.82, 2.24) is 5.32 Å². The van der Waals surface area contributed by atoms with Gasteiger partial charge >= 0.3 is 6.03 Å². The first-order valence-corrected chi connectivity index (χ1v) is 12.8. The average molecular weight is 486 g/mol. The normalized spacial score (nSPS) is 15.2. The molecule has 2 aromatic carbocycles. The highest BCUT2D eigenvalue weighted by Crippen LogP contribution is 2.39. The van der Waals surface area contributed by atoms with Gasteiger partial charge < -0.3 is 4.74 Å². The lowest BCUT2D eigenvalue weighted by molar-refractivity contribution is -0.120. The van der Waals surface area contributed by atoms with Crippen molar-refractivity contribution < 1.29 is 22.7 Å². The molecule has 182 valence electrons. The number of amides is 3. The van der Waals surface area contributed by atoms with Crippen molar-refractivity contribution in [1.29, 1.82) is 0 Å². The van der Waals surface area contributed by atoms with E-state index in [1.807, 2.05) is 37.3 Å². The summed E-state index contributed by atoms with van der Waals surface area (Å²) in [4.78, 5) is 25.7. The number of sulfonamides is 1. The summed E-state index contributed by atoms with van der Waals surface area (Å²) in [6.45, 7) is 8.47. The van der Waals surface area contributed by atoms with Gasteiger partial charge in [-0.15, -0.1) is 0 Å². The lowest BCUT2D eigenvalue weighted by Crippen LogP contribution is -2.49. The van der Waals surface area contributed by atoms with Crippen molar-refractivity contribution in [2.75, 3.05) is 29.5 Å². The number of nitrogens with one attached hydrogen (secondary N) is 2. The molecular formula is C25H31N3O5S. The molecule has 1 aliphatic heterocycles.